The summed E-state index contributed by atoms with van der Waals surface area (Å²) in [4.78, 5) is 19.6. The lowest BCUT2D eigenvalue weighted by atomic mass is 10.1. The van der Waals surface area contributed by atoms with Crippen molar-refractivity contribution in [3.8, 4) is 11.1 Å². The number of nitrogens with one attached hydrogen (secondary N) is 1. The van der Waals surface area contributed by atoms with E-state index in [-0.39, 0.29) is 5.56 Å². The van der Waals surface area contributed by atoms with E-state index < -0.39 is 0 Å². The van der Waals surface area contributed by atoms with Crippen molar-refractivity contribution in [1.29, 1.82) is 0 Å². The van der Waals surface area contributed by atoms with Gasteiger partial charge >= 0.3 is 0 Å². The normalized spacial score (nSPS) is 10.9. The van der Waals surface area contributed by atoms with Gasteiger partial charge < -0.3 is 4.98 Å². The van der Waals surface area contributed by atoms with E-state index in [9.17, 15) is 4.79 Å². The largest absolute Gasteiger partial charge is 0.305 e. The lowest BCUT2D eigenvalue weighted by molar-refractivity contribution is -0.688. The smallest absolute Gasteiger partial charge is 0.258 e. The summed E-state index contributed by atoms with van der Waals surface area (Å²) in [6.07, 6.45) is 3.99. The fraction of sp³-hybridized carbons (Fsp3) is 0.0500. The van der Waals surface area contributed by atoms with Crippen LogP contribution in [0.5, 0.6) is 0 Å². The summed E-state index contributed by atoms with van der Waals surface area (Å²) in [6, 6.07) is 19.3. The Morgan fingerprint density at radius 3 is 2.64 bits per heavy atom. The summed E-state index contributed by atoms with van der Waals surface area (Å²) in [6.45, 7) is 0.471. The molecule has 2 aromatic heterocycles. The minimum atomic E-state index is -0.156. The van der Waals surface area contributed by atoms with Gasteiger partial charge in [0.25, 0.3) is 5.56 Å². The second-order valence-corrected chi connectivity index (χ2v) is 6.24. The highest BCUT2D eigenvalue weighted by atomic mass is 35.5. The summed E-state index contributed by atoms with van der Waals surface area (Å²) < 4.78 is 2.00. The molecular weight excluding hydrogens is 334 g/mol. The molecular formula is C20H15ClN3O+. The second kappa shape index (κ2) is 6.49. The highest BCUT2D eigenvalue weighted by Gasteiger charge is 2.10. The van der Waals surface area contributed by atoms with Crippen molar-refractivity contribution in [2.75, 3.05) is 0 Å². The molecule has 4 rings (SSSR count). The van der Waals surface area contributed by atoms with Gasteiger partial charge in [-0.05, 0) is 29.8 Å². The maximum absolute atomic E-state index is 12.2. The first-order chi connectivity index (χ1) is 12.2. The quantitative estimate of drug-likeness (QED) is 0.575. The first kappa shape index (κ1) is 15.5. The summed E-state index contributed by atoms with van der Waals surface area (Å²) in [5.41, 5.74) is 2.69. The fourth-order valence-corrected chi connectivity index (χ4v) is 3.00. The third-order valence-corrected chi connectivity index (χ3v) is 4.25. The average Bonchev–Trinajstić information content (AvgIpc) is 2.62. The van der Waals surface area contributed by atoms with Gasteiger partial charge in [-0.3, -0.25) is 4.79 Å². The number of H-pyrrole nitrogens is 1. The van der Waals surface area contributed by atoms with Crippen molar-refractivity contribution in [1.82, 2.24) is 9.97 Å². The minimum absolute atomic E-state index is 0.156. The third kappa shape index (κ3) is 3.30. The highest BCUT2D eigenvalue weighted by Crippen LogP contribution is 2.17. The van der Waals surface area contributed by atoms with E-state index in [4.69, 9.17) is 11.6 Å². The number of aromatic nitrogens is 3. The van der Waals surface area contributed by atoms with Crippen LogP contribution in [0.25, 0.3) is 22.0 Å². The predicted molar refractivity (Wildman–Crippen MR) is 98.5 cm³/mol. The number of nitrogens with zero attached hydrogens (tertiary/aromatic N) is 2. The standard InChI is InChI=1S/C20H14ClN3O/c21-16-8-9-17-18(11-16)22-19(23-20(17)25)13-24-10-4-7-15(12-24)14-5-2-1-3-6-14/h1-12H,13H2/p+1. The van der Waals surface area contributed by atoms with Crippen molar-refractivity contribution in [2.45, 2.75) is 6.54 Å². The van der Waals surface area contributed by atoms with E-state index in [0.717, 1.165) is 11.1 Å². The van der Waals surface area contributed by atoms with E-state index in [1.54, 1.807) is 18.2 Å². The van der Waals surface area contributed by atoms with Crippen LogP contribution in [0.4, 0.5) is 0 Å². The van der Waals surface area contributed by atoms with Crippen molar-refractivity contribution in [3.05, 3.63) is 94.3 Å². The molecule has 0 aliphatic rings. The van der Waals surface area contributed by atoms with Gasteiger partial charge in [0.2, 0.25) is 6.54 Å². The van der Waals surface area contributed by atoms with Crippen LogP contribution in [-0.2, 0) is 6.54 Å². The molecule has 0 atom stereocenters. The molecule has 0 fully saturated rings. The SMILES string of the molecule is O=c1[nH]c(C[n+]2cccc(-c3ccccc3)c2)nc2cc(Cl)ccc12. The second-order valence-electron chi connectivity index (χ2n) is 5.81. The van der Waals surface area contributed by atoms with Gasteiger partial charge in [-0.15, -0.1) is 0 Å². The lowest BCUT2D eigenvalue weighted by Gasteiger charge is -2.03. The molecule has 1 N–H and O–H groups in total. The first-order valence-corrected chi connectivity index (χ1v) is 8.30. The van der Waals surface area contributed by atoms with Gasteiger partial charge in [0.1, 0.15) is 0 Å². The van der Waals surface area contributed by atoms with Crippen LogP contribution in [0.15, 0.2) is 77.9 Å². The number of fused-ring (bicyclic) bond motifs is 1. The van der Waals surface area contributed by atoms with E-state index >= 15 is 0 Å². The van der Waals surface area contributed by atoms with E-state index in [2.05, 4.69) is 28.2 Å². The van der Waals surface area contributed by atoms with Crippen LogP contribution in [-0.4, -0.2) is 9.97 Å². The lowest BCUT2D eigenvalue weighted by Crippen LogP contribution is -2.35. The Labute approximate surface area is 149 Å². The Morgan fingerprint density at radius 2 is 1.80 bits per heavy atom. The van der Waals surface area contributed by atoms with Gasteiger partial charge in [0.05, 0.1) is 10.9 Å². The van der Waals surface area contributed by atoms with Crippen LogP contribution in [0, 0.1) is 0 Å². The molecule has 2 aromatic carbocycles. The number of halogens is 1. The number of rotatable bonds is 3. The van der Waals surface area contributed by atoms with Gasteiger partial charge in [0, 0.05) is 16.7 Å². The Morgan fingerprint density at radius 1 is 1.00 bits per heavy atom. The molecule has 0 saturated heterocycles. The number of pyridine rings is 1. The van der Waals surface area contributed by atoms with Crippen LogP contribution in [0.3, 0.4) is 0 Å². The van der Waals surface area contributed by atoms with E-state index in [1.807, 2.05) is 41.2 Å². The molecule has 4 aromatic rings. The van der Waals surface area contributed by atoms with Crippen molar-refractivity contribution < 1.29 is 4.57 Å². The molecule has 0 aliphatic heterocycles. The summed E-state index contributed by atoms with van der Waals surface area (Å²) in [5.74, 6) is 0.593. The predicted octanol–water partition coefficient (Wildman–Crippen LogP) is 3.58. The fourth-order valence-electron chi connectivity index (χ4n) is 2.83. The van der Waals surface area contributed by atoms with Crippen LogP contribution in [0.2, 0.25) is 5.02 Å². The highest BCUT2D eigenvalue weighted by molar-refractivity contribution is 6.31. The van der Waals surface area contributed by atoms with E-state index in [1.165, 1.54) is 0 Å². The van der Waals surface area contributed by atoms with Crippen LogP contribution in [0.1, 0.15) is 5.82 Å². The van der Waals surface area contributed by atoms with E-state index in [0.29, 0.717) is 28.3 Å². The molecule has 0 bridgehead atoms. The average molecular weight is 349 g/mol. The first-order valence-electron chi connectivity index (χ1n) is 7.92. The van der Waals surface area contributed by atoms with Crippen molar-refractivity contribution >= 4 is 22.5 Å². The molecule has 0 saturated carbocycles. The van der Waals surface area contributed by atoms with Gasteiger partial charge in [-0.2, -0.15) is 4.57 Å². The molecule has 122 valence electrons. The van der Waals surface area contributed by atoms with Crippen LogP contribution >= 0.6 is 11.6 Å². The Balaban J connectivity index is 1.71. The monoisotopic (exact) mass is 348 g/mol. The zero-order chi connectivity index (χ0) is 17.2. The summed E-state index contributed by atoms with van der Waals surface area (Å²) >= 11 is 6.01. The van der Waals surface area contributed by atoms with Crippen molar-refractivity contribution in [2.24, 2.45) is 0 Å². The molecule has 5 heteroatoms. The van der Waals surface area contributed by atoms with Crippen molar-refractivity contribution in [3.63, 3.8) is 0 Å². The molecule has 0 spiro atoms. The molecule has 25 heavy (non-hydrogen) atoms. The molecule has 0 amide bonds. The van der Waals surface area contributed by atoms with Crippen LogP contribution < -0.4 is 10.1 Å². The van der Waals surface area contributed by atoms with Gasteiger partial charge in [-0.25, -0.2) is 4.98 Å². The third-order valence-electron chi connectivity index (χ3n) is 4.02. The number of hydrogen-bond donors (Lipinski definition) is 1. The van der Waals surface area contributed by atoms with Gasteiger partial charge in [0.15, 0.2) is 18.2 Å². The molecule has 0 radical (unpaired) electrons. The topological polar surface area (TPSA) is 49.6 Å². The van der Waals surface area contributed by atoms with Gasteiger partial charge in [-0.1, -0.05) is 41.9 Å². The maximum Gasteiger partial charge on any atom is 0.258 e. The molecule has 0 aliphatic carbocycles. The minimum Gasteiger partial charge on any atom is -0.305 e. The summed E-state index contributed by atoms with van der Waals surface area (Å²) in [5, 5.41) is 1.10. The number of aromatic amines is 1. The number of hydrogen-bond acceptors (Lipinski definition) is 2. The Kier molecular flexibility index (Phi) is 4.04. The Bertz CT molecular complexity index is 1110. The molecule has 0 unspecified atom stereocenters. The zero-order valence-corrected chi connectivity index (χ0v) is 14.1. The zero-order valence-electron chi connectivity index (χ0n) is 13.3. The number of benzene rings is 2. The molecule has 2 heterocycles. The maximum atomic E-state index is 12.2. The Hall–Kier alpha value is -2.98. The summed E-state index contributed by atoms with van der Waals surface area (Å²) in [7, 11) is 0. The molecule has 4 nitrogen and oxygen atoms in total.